The summed E-state index contributed by atoms with van der Waals surface area (Å²) in [5.41, 5.74) is 2.39. The Labute approximate surface area is 127 Å². The second-order valence-corrected chi connectivity index (χ2v) is 4.94. The van der Waals surface area contributed by atoms with Crippen molar-refractivity contribution in [3.05, 3.63) is 46.1 Å². The molecule has 0 aromatic carbocycles. The van der Waals surface area contributed by atoms with Crippen LogP contribution in [0.4, 0.5) is 0 Å². The van der Waals surface area contributed by atoms with Gasteiger partial charge in [-0.1, -0.05) is 5.16 Å². The molecule has 2 rings (SSSR count). The number of nitrogens with zero attached hydrogens (tertiary/aromatic N) is 2. The molecule has 0 bridgehead atoms. The van der Waals surface area contributed by atoms with Crippen molar-refractivity contribution >= 4 is 11.9 Å². The summed E-state index contributed by atoms with van der Waals surface area (Å²) in [5.74, 6) is -0.659. The summed E-state index contributed by atoms with van der Waals surface area (Å²) in [5, 5.41) is 15.5. The van der Waals surface area contributed by atoms with Gasteiger partial charge in [0.1, 0.15) is 11.5 Å². The van der Waals surface area contributed by atoms with E-state index in [4.69, 9.17) is 9.63 Å². The zero-order valence-electron chi connectivity index (χ0n) is 12.6. The monoisotopic (exact) mass is 303 g/mol. The molecule has 2 aromatic heterocycles. The maximum absolute atomic E-state index is 12.0. The molecule has 0 saturated heterocycles. The summed E-state index contributed by atoms with van der Waals surface area (Å²) in [4.78, 5) is 27.0. The van der Waals surface area contributed by atoms with Crippen LogP contribution in [-0.2, 0) is 6.42 Å². The third-order valence-electron chi connectivity index (χ3n) is 3.39. The second kappa shape index (κ2) is 6.38. The number of carbonyl (C=O) groups is 2. The largest absolute Gasteiger partial charge is 0.478 e. The molecule has 0 aliphatic carbocycles. The summed E-state index contributed by atoms with van der Waals surface area (Å²) in [6, 6.07) is 2.79. The lowest BCUT2D eigenvalue weighted by Gasteiger charge is -2.06. The van der Waals surface area contributed by atoms with Gasteiger partial charge in [-0.3, -0.25) is 4.79 Å². The number of rotatable bonds is 5. The van der Waals surface area contributed by atoms with Crippen molar-refractivity contribution in [3.8, 4) is 0 Å². The van der Waals surface area contributed by atoms with E-state index in [1.165, 1.54) is 12.1 Å². The topological polar surface area (TPSA) is 105 Å². The van der Waals surface area contributed by atoms with E-state index in [0.29, 0.717) is 18.7 Å². The van der Waals surface area contributed by atoms with Gasteiger partial charge in [0.25, 0.3) is 5.91 Å². The molecule has 7 nitrogen and oxygen atoms in total. The fourth-order valence-electron chi connectivity index (χ4n) is 2.16. The maximum atomic E-state index is 12.0. The molecular formula is C15H17N3O4. The predicted octanol–water partition coefficient (Wildman–Crippen LogP) is 1.67. The number of nitrogens with one attached hydrogen (secondary N) is 1. The van der Waals surface area contributed by atoms with Crippen LogP contribution in [0, 0.1) is 20.8 Å². The number of aromatic carboxylic acids is 1. The van der Waals surface area contributed by atoms with Crippen molar-refractivity contribution in [1.82, 2.24) is 15.5 Å². The molecule has 0 radical (unpaired) electrons. The van der Waals surface area contributed by atoms with Gasteiger partial charge in [-0.15, -0.1) is 0 Å². The summed E-state index contributed by atoms with van der Waals surface area (Å²) in [7, 11) is 0. The van der Waals surface area contributed by atoms with E-state index < -0.39 is 5.97 Å². The van der Waals surface area contributed by atoms with E-state index in [-0.39, 0.29) is 17.2 Å². The Hall–Kier alpha value is -2.70. The molecule has 1 amide bonds. The molecule has 2 heterocycles. The van der Waals surface area contributed by atoms with Crippen LogP contribution in [0.1, 0.15) is 43.6 Å². The highest BCUT2D eigenvalue weighted by Gasteiger charge is 2.14. The van der Waals surface area contributed by atoms with Crippen molar-refractivity contribution in [2.24, 2.45) is 0 Å². The Morgan fingerprint density at radius 2 is 1.95 bits per heavy atom. The number of pyridine rings is 1. The van der Waals surface area contributed by atoms with E-state index in [9.17, 15) is 9.59 Å². The van der Waals surface area contributed by atoms with E-state index in [1.54, 1.807) is 6.92 Å². The lowest BCUT2D eigenvalue weighted by Crippen LogP contribution is -2.27. The number of hydrogen-bond acceptors (Lipinski definition) is 5. The zero-order chi connectivity index (χ0) is 16.3. The van der Waals surface area contributed by atoms with Gasteiger partial charge < -0.3 is 14.9 Å². The number of aromatic nitrogens is 2. The summed E-state index contributed by atoms with van der Waals surface area (Å²) < 4.78 is 5.06. The number of hydrogen-bond donors (Lipinski definition) is 2. The van der Waals surface area contributed by atoms with Crippen molar-refractivity contribution < 1.29 is 19.2 Å². The average molecular weight is 303 g/mol. The highest BCUT2D eigenvalue weighted by molar-refractivity contribution is 5.94. The van der Waals surface area contributed by atoms with E-state index in [2.05, 4.69) is 15.5 Å². The minimum atomic E-state index is -1.06. The van der Waals surface area contributed by atoms with Crippen LogP contribution < -0.4 is 5.32 Å². The lowest BCUT2D eigenvalue weighted by atomic mass is 10.1. The van der Waals surface area contributed by atoms with Crippen LogP contribution in [0.2, 0.25) is 0 Å². The van der Waals surface area contributed by atoms with Gasteiger partial charge >= 0.3 is 5.97 Å². The average Bonchev–Trinajstić information content (AvgIpc) is 2.78. The minimum absolute atomic E-state index is 0.0901. The molecule has 0 saturated carbocycles. The molecule has 0 aliphatic heterocycles. The van der Waals surface area contributed by atoms with Crippen LogP contribution in [0.5, 0.6) is 0 Å². The van der Waals surface area contributed by atoms with Gasteiger partial charge in [-0.05, 0) is 39.3 Å². The number of aryl methyl sites for hydroxylation is 3. The standard InChI is InChI=1S/C15H17N3O4/c1-8-12(15(20)21)4-5-13(17-8)14(19)16-7-6-11-9(2)18-22-10(11)3/h4-5H,6-7H2,1-3H3,(H,16,19)(H,20,21). The first-order valence-corrected chi connectivity index (χ1v) is 6.81. The van der Waals surface area contributed by atoms with Crippen molar-refractivity contribution in [2.45, 2.75) is 27.2 Å². The highest BCUT2D eigenvalue weighted by Crippen LogP contribution is 2.12. The van der Waals surface area contributed by atoms with E-state index in [1.807, 2.05) is 13.8 Å². The summed E-state index contributed by atoms with van der Waals surface area (Å²) >= 11 is 0. The van der Waals surface area contributed by atoms with Gasteiger partial charge in [0.15, 0.2) is 0 Å². The van der Waals surface area contributed by atoms with Crippen molar-refractivity contribution in [1.29, 1.82) is 0 Å². The second-order valence-electron chi connectivity index (χ2n) is 4.94. The number of carbonyl (C=O) groups excluding carboxylic acids is 1. The fourth-order valence-corrected chi connectivity index (χ4v) is 2.16. The van der Waals surface area contributed by atoms with Crippen LogP contribution >= 0.6 is 0 Å². The van der Waals surface area contributed by atoms with Crippen molar-refractivity contribution in [2.75, 3.05) is 6.54 Å². The molecule has 0 unspecified atom stereocenters. The summed E-state index contributed by atoms with van der Waals surface area (Å²) in [6.07, 6.45) is 0.610. The smallest absolute Gasteiger partial charge is 0.337 e. The normalized spacial score (nSPS) is 10.5. The molecule has 2 N–H and O–H groups in total. The van der Waals surface area contributed by atoms with Gasteiger partial charge in [-0.25, -0.2) is 9.78 Å². The molecule has 0 fully saturated rings. The quantitative estimate of drug-likeness (QED) is 0.870. The lowest BCUT2D eigenvalue weighted by molar-refractivity contribution is 0.0694. The van der Waals surface area contributed by atoms with Crippen molar-refractivity contribution in [3.63, 3.8) is 0 Å². The number of carboxylic acid groups (broad SMARTS) is 1. The minimum Gasteiger partial charge on any atom is -0.478 e. The molecule has 7 heteroatoms. The Morgan fingerprint density at radius 1 is 1.23 bits per heavy atom. The van der Waals surface area contributed by atoms with Crippen LogP contribution in [-0.4, -0.2) is 33.7 Å². The Bertz CT molecular complexity index is 702. The molecule has 0 spiro atoms. The predicted molar refractivity (Wildman–Crippen MR) is 77.9 cm³/mol. The third-order valence-corrected chi connectivity index (χ3v) is 3.39. The number of amides is 1. The Balaban J connectivity index is 1.98. The van der Waals surface area contributed by atoms with Gasteiger partial charge in [-0.2, -0.15) is 0 Å². The van der Waals surface area contributed by atoms with Crippen LogP contribution in [0.15, 0.2) is 16.7 Å². The third kappa shape index (κ3) is 3.30. The molecular weight excluding hydrogens is 286 g/mol. The highest BCUT2D eigenvalue weighted by atomic mass is 16.5. The maximum Gasteiger partial charge on any atom is 0.337 e. The Morgan fingerprint density at radius 3 is 2.50 bits per heavy atom. The first-order valence-electron chi connectivity index (χ1n) is 6.81. The van der Waals surface area contributed by atoms with Gasteiger partial charge in [0.2, 0.25) is 0 Å². The van der Waals surface area contributed by atoms with Gasteiger partial charge in [0, 0.05) is 12.1 Å². The molecule has 2 aromatic rings. The zero-order valence-corrected chi connectivity index (χ0v) is 12.6. The molecule has 0 aliphatic rings. The first-order chi connectivity index (χ1) is 10.4. The van der Waals surface area contributed by atoms with Crippen LogP contribution in [0.3, 0.4) is 0 Å². The molecule has 116 valence electrons. The summed E-state index contributed by atoms with van der Waals surface area (Å²) in [6.45, 7) is 5.66. The SMILES string of the molecule is Cc1nc(C(=O)NCCc2c(C)noc2C)ccc1C(=O)O. The van der Waals surface area contributed by atoms with E-state index in [0.717, 1.165) is 17.0 Å². The fraction of sp³-hybridized carbons (Fsp3) is 0.333. The van der Waals surface area contributed by atoms with Gasteiger partial charge in [0.05, 0.1) is 17.0 Å². The van der Waals surface area contributed by atoms with Crippen LogP contribution in [0.25, 0.3) is 0 Å². The first kappa shape index (κ1) is 15.7. The number of carboxylic acids is 1. The van der Waals surface area contributed by atoms with E-state index >= 15 is 0 Å². The molecule has 0 atom stereocenters. The Kier molecular flexibility index (Phi) is 4.55. The molecule has 22 heavy (non-hydrogen) atoms.